The maximum atomic E-state index is 12.5. The van der Waals surface area contributed by atoms with Crippen LogP contribution in [0, 0.1) is 5.92 Å². The molecule has 108 valence electrons. The monoisotopic (exact) mass is 277 g/mol. The van der Waals surface area contributed by atoms with E-state index in [2.05, 4.69) is 0 Å². The number of benzene rings is 1. The van der Waals surface area contributed by atoms with Gasteiger partial charge in [-0.1, -0.05) is 12.1 Å². The number of aromatic hydroxyl groups is 1. The number of rotatable bonds is 2. The summed E-state index contributed by atoms with van der Waals surface area (Å²) in [5.74, 6) is 0.139. The van der Waals surface area contributed by atoms with Crippen LogP contribution in [-0.4, -0.2) is 48.5 Å². The molecule has 2 saturated heterocycles. The molecule has 0 aliphatic carbocycles. The van der Waals surface area contributed by atoms with Crippen LogP contribution in [0.15, 0.2) is 24.3 Å². The highest BCUT2D eigenvalue weighted by molar-refractivity contribution is 5.96. The summed E-state index contributed by atoms with van der Waals surface area (Å²) in [6.07, 6.45) is 1.76. The van der Waals surface area contributed by atoms with Crippen molar-refractivity contribution < 1.29 is 19.4 Å². The molecule has 1 atom stereocenters. The molecule has 0 bridgehead atoms. The fourth-order valence-corrected chi connectivity index (χ4v) is 2.89. The van der Waals surface area contributed by atoms with Gasteiger partial charge in [0.25, 0.3) is 5.91 Å². The van der Waals surface area contributed by atoms with Crippen LogP contribution in [0.1, 0.15) is 23.2 Å². The molecular formula is C15H19NO4. The number of piperidine rings is 1. The highest BCUT2D eigenvalue weighted by Crippen LogP contribution is 2.27. The highest BCUT2D eigenvalue weighted by atomic mass is 16.7. The first-order valence-electron chi connectivity index (χ1n) is 7.06. The van der Waals surface area contributed by atoms with Gasteiger partial charge in [0.15, 0.2) is 6.29 Å². The summed E-state index contributed by atoms with van der Waals surface area (Å²) in [5, 5.41) is 9.79. The first kappa shape index (κ1) is 13.4. The Hall–Kier alpha value is -1.59. The summed E-state index contributed by atoms with van der Waals surface area (Å²) in [5.41, 5.74) is 0.362. The molecule has 0 spiro atoms. The van der Waals surface area contributed by atoms with Gasteiger partial charge in [-0.15, -0.1) is 0 Å². The van der Waals surface area contributed by atoms with Gasteiger partial charge in [0.1, 0.15) is 5.75 Å². The van der Waals surface area contributed by atoms with E-state index in [9.17, 15) is 9.90 Å². The Morgan fingerprint density at radius 1 is 1.25 bits per heavy atom. The predicted octanol–water partition coefficient (Wildman–Crippen LogP) is 1.62. The summed E-state index contributed by atoms with van der Waals surface area (Å²) >= 11 is 0. The first-order chi connectivity index (χ1) is 9.75. The van der Waals surface area contributed by atoms with E-state index in [-0.39, 0.29) is 23.9 Å². The van der Waals surface area contributed by atoms with Crippen LogP contribution in [-0.2, 0) is 9.47 Å². The molecule has 5 nitrogen and oxygen atoms in total. The smallest absolute Gasteiger partial charge is 0.257 e. The maximum Gasteiger partial charge on any atom is 0.257 e. The third-order valence-electron chi connectivity index (χ3n) is 3.91. The minimum atomic E-state index is -0.185. The van der Waals surface area contributed by atoms with Crippen LogP contribution < -0.4 is 0 Å². The number of carbonyl (C=O) groups is 1. The van der Waals surface area contributed by atoms with E-state index >= 15 is 0 Å². The Morgan fingerprint density at radius 3 is 2.75 bits per heavy atom. The summed E-state index contributed by atoms with van der Waals surface area (Å²) in [6, 6.07) is 6.67. The molecule has 2 fully saturated rings. The molecule has 0 aromatic heterocycles. The Labute approximate surface area is 118 Å². The summed E-state index contributed by atoms with van der Waals surface area (Å²) in [6.45, 7) is 2.61. The van der Waals surface area contributed by atoms with Gasteiger partial charge in [0.05, 0.1) is 18.8 Å². The van der Waals surface area contributed by atoms with Crippen molar-refractivity contribution in [1.82, 2.24) is 4.90 Å². The number of phenols is 1. The number of hydrogen-bond donors (Lipinski definition) is 1. The molecule has 0 radical (unpaired) electrons. The van der Waals surface area contributed by atoms with Crippen molar-refractivity contribution in [2.45, 2.75) is 19.1 Å². The van der Waals surface area contributed by atoms with Crippen LogP contribution in [0.3, 0.4) is 0 Å². The van der Waals surface area contributed by atoms with Crippen molar-refractivity contribution in [3.05, 3.63) is 29.8 Å². The standard InChI is InChI=1S/C15H19NO4/c17-13-6-2-1-5-12(13)14(18)16-7-3-4-11(10-16)15-19-8-9-20-15/h1-2,5-6,11,15,17H,3-4,7-10H2/t11-/m0/s1. The Balaban J connectivity index is 1.70. The van der Waals surface area contributed by atoms with Crippen molar-refractivity contribution in [2.24, 2.45) is 5.92 Å². The number of amides is 1. The number of hydrogen-bond acceptors (Lipinski definition) is 4. The highest BCUT2D eigenvalue weighted by Gasteiger charge is 2.33. The van der Waals surface area contributed by atoms with E-state index < -0.39 is 0 Å². The SMILES string of the molecule is O=C(c1ccccc1O)N1CCC[C@H](C2OCCO2)C1. The number of likely N-dealkylation sites (tertiary alicyclic amines) is 1. The Morgan fingerprint density at radius 2 is 2.00 bits per heavy atom. The molecule has 1 aromatic rings. The largest absolute Gasteiger partial charge is 0.507 e. The number of phenolic OH excluding ortho intramolecular Hbond substituents is 1. The third-order valence-corrected chi connectivity index (χ3v) is 3.91. The minimum Gasteiger partial charge on any atom is -0.507 e. The Kier molecular flexibility index (Phi) is 3.89. The van der Waals surface area contributed by atoms with Gasteiger partial charge in [0, 0.05) is 19.0 Å². The molecular weight excluding hydrogens is 258 g/mol. The lowest BCUT2D eigenvalue weighted by atomic mass is 9.96. The second kappa shape index (κ2) is 5.81. The van der Waals surface area contributed by atoms with Crippen LogP contribution in [0.5, 0.6) is 5.75 Å². The molecule has 2 aliphatic rings. The fraction of sp³-hybridized carbons (Fsp3) is 0.533. The van der Waals surface area contributed by atoms with Gasteiger partial charge in [-0.25, -0.2) is 0 Å². The normalized spacial score (nSPS) is 24.0. The molecule has 0 saturated carbocycles. The number of para-hydroxylation sites is 1. The van der Waals surface area contributed by atoms with Gasteiger partial charge in [-0.2, -0.15) is 0 Å². The molecule has 2 aliphatic heterocycles. The fourth-order valence-electron chi connectivity index (χ4n) is 2.89. The van der Waals surface area contributed by atoms with Crippen molar-refractivity contribution in [1.29, 1.82) is 0 Å². The second-order valence-electron chi connectivity index (χ2n) is 5.28. The number of ether oxygens (including phenoxy) is 2. The average Bonchev–Trinajstić information content (AvgIpc) is 3.01. The molecule has 3 rings (SSSR count). The lowest BCUT2D eigenvalue weighted by Crippen LogP contribution is -2.43. The molecule has 20 heavy (non-hydrogen) atoms. The second-order valence-corrected chi connectivity index (χ2v) is 5.28. The van der Waals surface area contributed by atoms with E-state index in [1.54, 1.807) is 23.1 Å². The van der Waals surface area contributed by atoms with Crippen LogP contribution in [0.2, 0.25) is 0 Å². The van der Waals surface area contributed by atoms with Gasteiger partial charge in [-0.05, 0) is 25.0 Å². The minimum absolute atomic E-state index is 0.0352. The molecule has 1 amide bonds. The summed E-state index contributed by atoms with van der Waals surface area (Å²) in [7, 11) is 0. The molecule has 1 aromatic carbocycles. The van der Waals surface area contributed by atoms with E-state index in [0.717, 1.165) is 19.4 Å². The zero-order chi connectivity index (χ0) is 13.9. The van der Waals surface area contributed by atoms with E-state index in [1.165, 1.54) is 6.07 Å². The van der Waals surface area contributed by atoms with Crippen LogP contribution in [0.25, 0.3) is 0 Å². The van der Waals surface area contributed by atoms with Gasteiger partial charge >= 0.3 is 0 Å². The van der Waals surface area contributed by atoms with E-state index in [4.69, 9.17) is 9.47 Å². The van der Waals surface area contributed by atoms with Crippen molar-refractivity contribution in [3.8, 4) is 5.75 Å². The van der Waals surface area contributed by atoms with Gasteiger partial charge in [-0.3, -0.25) is 4.79 Å². The van der Waals surface area contributed by atoms with Crippen molar-refractivity contribution in [3.63, 3.8) is 0 Å². The lowest BCUT2D eigenvalue weighted by Gasteiger charge is -2.34. The summed E-state index contributed by atoms with van der Waals surface area (Å²) < 4.78 is 11.1. The van der Waals surface area contributed by atoms with Gasteiger partial charge < -0.3 is 19.5 Å². The van der Waals surface area contributed by atoms with E-state index in [1.807, 2.05) is 0 Å². The van der Waals surface area contributed by atoms with E-state index in [0.29, 0.717) is 25.3 Å². The zero-order valence-corrected chi connectivity index (χ0v) is 11.3. The topological polar surface area (TPSA) is 59.0 Å². The number of carbonyl (C=O) groups excluding carboxylic acids is 1. The lowest BCUT2D eigenvalue weighted by molar-refractivity contribution is -0.0969. The molecule has 0 unspecified atom stereocenters. The molecule has 2 heterocycles. The predicted molar refractivity (Wildman–Crippen MR) is 72.4 cm³/mol. The maximum absolute atomic E-state index is 12.5. The van der Waals surface area contributed by atoms with Crippen molar-refractivity contribution in [2.75, 3.05) is 26.3 Å². The zero-order valence-electron chi connectivity index (χ0n) is 11.3. The molecule has 5 heteroatoms. The summed E-state index contributed by atoms with van der Waals surface area (Å²) in [4.78, 5) is 14.3. The molecule has 1 N–H and O–H groups in total. The first-order valence-corrected chi connectivity index (χ1v) is 7.06. The quantitative estimate of drug-likeness (QED) is 0.892. The van der Waals surface area contributed by atoms with Crippen molar-refractivity contribution >= 4 is 5.91 Å². The van der Waals surface area contributed by atoms with Crippen LogP contribution in [0.4, 0.5) is 0 Å². The van der Waals surface area contributed by atoms with Crippen LogP contribution >= 0.6 is 0 Å². The number of nitrogens with zero attached hydrogens (tertiary/aromatic N) is 1. The van der Waals surface area contributed by atoms with Gasteiger partial charge in [0.2, 0.25) is 0 Å². The Bertz CT molecular complexity index is 485. The third kappa shape index (κ3) is 2.64. The average molecular weight is 277 g/mol.